The van der Waals surface area contributed by atoms with Crippen LogP contribution in [0.25, 0.3) is 0 Å². The second-order valence-corrected chi connectivity index (χ2v) is 7.65. The van der Waals surface area contributed by atoms with Crippen molar-refractivity contribution in [1.82, 2.24) is 10.2 Å². The number of amides is 1. The third-order valence-electron chi connectivity index (χ3n) is 5.22. The lowest BCUT2D eigenvalue weighted by Gasteiger charge is -2.35. The Morgan fingerprint density at radius 1 is 1.33 bits per heavy atom. The summed E-state index contributed by atoms with van der Waals surface area (Å²) in [5.74, 6) is 2.93. The van der Waals surface area contributed by atoms with Crippen molar-refractivity contribution in [2.45, 2.75) is 32.7 Å². The standard InChI is InChI=1S/C21H27ClN2O3/c1-14-8-10-24(11-9-14)18(20-6-4-15(2)27-20)13-23-21(25)16-5-7-19(26-3)17(22)12-16/h4-7,12,14,18H,8-11,13H2,1-3H3,(H,23,25). The number of piperidine rings is 1. The van der Waals surface area contributed by atoms with Gasteiger partial charge in [0.1, 0.15) is 17.3 Å². The molecule has 1 aromatic heterocycles. The van der Waals surface area contributed by atoms with Crippen molar-refractivity contribution >= 4 is 17.5 Å². The molecule has 2 aromatic rings. The van der Waals surface area contributed by atoms with Gasteiger partial charge in [0, 0.05) is 12.1 Å². The fourth-order valence-electron chi connectivity index (χ4n) is 3.48. The van der Waals surface area contributed by atoms with Crippen LogP contribution >= 0.6 is 11.6 Å². The maximum atomic E-state index is 12.6. The number of nitrogens with zero attached hydrogens (tertiary/aromatic N) is 1. The Morgan fingerprint density at radius 2 is 2.07 bits per heavy atom. The van der Waals surface area contributed by atoms with Crippen molar-refractivity contribution in [3.63, 3.8) is 0 Å². The molecule has 0 bridgehead atoms. The zero-order valence-corrected chi connectivity index (χ0v) is 16.9. The summed E-state index contributed by atoms with van der Waals surface area (Å²) in [5.41, 5.74) is 0.516. The minimum Gasteiger partial charge on any atom is -0.495 e. The zero-order valence-electron chi connectivity index (χ0n) is 16.1. The molecule has 1 aliphatic heterocycles. The Labute approximate surface area is 165 Å². The van der Waals surface area contributed by atoms with E-state index in [2.05, 4.69) is 17.1 Å². The Morgan fingerprint density at radius 3 is 2.67 bits per heavy atom. The second kappa shape index (κ2) is 8.81. The maximum absolute atomic E-state index is 12.6. The van der Waals surface area contributed by atoms with Crippen LogP contribution in [-0.2, 0) is 0 Å². The van der Waals surface area contributed by atoms with Gasteiger partial charge in [0.15, 0.2) is 0 Å². The predicted molar refractivity (Wildman–Crippen MR) is 106 cm³/mol. The van der Waals surface area contributed by atoms with Crippen molar-refractivity contribution in [3.05, 3.63) is 52.4 Å². The Balaban J connectivity index is 1.70. The van der Waals surface area contributed by atoms with Crippen LogP contribution in [0.5, 0.6) is 5.75 Å². The van der Waals surface area contributed by atoms with E-state index in [9.17, 15) is 4.79 Å². The van der Waals surface area contributed by atoms with E-state index in [1.807, 2.05) is 19.1 Å². The van der Waals surface area contributed by atoms with Crippen molar-refractivity contribution in [1.29, 1.82) is 0 Å². The first-order valence-electron chi connectivity index (χ1n) is 9.40. The minimum absolute atomic E-state index is 0.0314. The number of benzene rings is 1. The fourth-order valence-corrected chi connectivity index (χ4v) is 3.74. The number of carbonyl (C=O) groups is 1. The average Bonchev–Trinajstić information content (AvgIpc) is 3.09. The van der Waals surface area contributed by atoms with Gasteiger partial charge in [0.05, 0.1) is 18.2 Å². The summed E-state index contributed by atoms with van der Waals surface area (Å²) in [6, 6.07) is 9.06. The van der Waals surface area contributed by atoms with Gasteiger partial charge in [-0.25, -0.2) is 0 Å². The molecular formula is C21H27ClN2O3. The third kappa shape index (κ3) is 4.85. The highest BCUT2D eigenvalue weighted by Gasteiger charge is 2.27. The molecule has 0 radical (unpaired) electrons. The van der Waals surface area contributed by atoms with Crippen LogP contribution in [0, 0.1) is 12.8 Å². The Kier molecular flexibility index (Phi) is 6.45. The number of hydrogen-bond acceptors (Lipinski definition) is 4. The van der Waals surface area contributed by atoms with Crippen LogP contribution in [0.2, 0.25) is 5.02 Å². The number of ether oxygens (including phenoxy) is 1. The predicted octanol–water partition coefficient (Wildman–Crippen LogP) is 4.45. The molecule has 1 aromatic carbocycles. The lowest BCUT2D eigenvalue weighted by molar-refractivity contribution is 0.0895. The molecule has 1 amide bonds. The summed E-state index contributed by atoms with van der Waals surface area (Å²) in [4.78, 5) is 15.0. The van der Waals surface area contributed by atoms with E-state index >= 15 is 0 Å². The third-order valence-corrected chi connectivity index (χ3v) is 5.51. The van der Waals surface area contributed by atoms with Gasteiger partial charge < -0.3 is 14.5 Å². The van der Waals surface area contributed by atoms with Gasteiger partial charge in [0.25, 0.3) is 5.91 Å². The molecule has 0 saturated carbocycles. The molecule has 27 heavy (non-hydrogen) atoms. The molecule has 1 atom stereocenters. The molecule has 1 unspecified atom stereocenters. The van der Waals surface area contributed by atoms with Gasteiger partial charge in [-0.15, -0.1) is 0 Å². The van der Waals surface area contributed by atoms with E-state index in [0.29, 0.717) is 22.9 Å². The van der Waals surface area contributed by atoms with Gasteiger partial charge in [-0.2, -0.15) is 0 Å². The molecule has 1 N–H and O–H groups in total. The monoisotopic (exact) mass is 390 g/mol. The van der Waals surface area contributed by atoms with Gasteiger partial charge in [-0.05, 0) is 69.1 Å². The van der Waals surface area contributed by atoms with E-state index in [4.69, 9.17) is 20.8 Å². The molecular weight excluding hydrogens is 364 g/mol. The first-order chi connectivity index (χ1) is 13.0. The lowest BCUT2D eigenvalue weighted by atomic mass is 9.97. The Hall–Kier alpha value is -1.98. The van der Waals surface area contributed by atoms with Crippen LogP contribution in [0.1, 0.15) is 47.7 Å². The first kappa shape index (κ1) is 19.8. The normalized spacial score (nSPS) is 16.9. The molecule has 1 aliphatic rings. The summed E-state index contributed by atoms with van der Waals surface area (Å²) in [6.45, 7) is 6.74. The summed E-state index contributed by atoms with van der Waals surface area (Å²) < 4.78 is 11.0. The SMILES string of the molecule is COc1ccc(C(=O)NCC(c2ccc(C)o2)N2CCC(C)CC2)cc1Cl. The number of nitrogens with one attached hydrogen (secondary N) is 1. The molecule has 5 nitrogen and oxygen atoms in total. The highest BCUT2D eigenvalue weighted by atomic mass is 35.5. The molecule has 6 heteroatoms. The van der Waals surface area contributed by atoms with Gasteiger partial charge >= 0.3 is 0 Å². The van der Waals surface area contributed by atoms with Crippen LogP contribution < -0.4 is 10.1 Å². The van der Waals surface area contributed by atoms with E-state index in [0.717, 1.165) is 43.4 Å². The smallest absolute Gasteiger partial charge is 0.251 e. The van der Waals surface area contributed by atoms with E-state index in [-0.39, 0.29) is 11.9 Å². The number of furan rings is 1. The van der Waals surface area contributed by atoms with Gasteiger partial charge in [-0.1, -0.05) is 18.5 Å². The van der Waals surface area contributed by atoms with Crippen LogP contribution in [0.15, 0.2) is 34.7 Å². The highest BCUT2D eigenvalue weighted by Crippen LogP contribution is 2.28. The van der Waals surface area contributed by atoms with Gasteiger partial charge in [0.2, 0.25) is 0 Å². The molecule has 146 valence electrons. The Bertz CT molecular complexity index is 781. The number of carbonyl (C=O) groups excluding carboxylic acids is 1. The number of methoxy groups -OCH3 is 1. The fraction of sp³-hybridized carbons (Fsp3) is 0.476. The average molecular weight is 391 g/mol. The number of rotatable bonds is 6. The van der Waals surface area contributed by atoms with Crippen LogP contribution in [0.4, 0.5) is 0 Å². The second-order valence-electron chi connectivity index (χ2n) is 7.24. The summed E-state index contributed by atoms with van der Waals surface area (Å²) in [6.07, 6.45) is 2.33. The molecule has 0 spiro atoms. The minimum atomic E-state index is -0.154. The van der Waals surface area contributed by atoms with Gasteiger partial charge in [-0.3, -0.25) is 9.69 Å². The highest BCUT2D eigenvalue weighted by molar-refractivity contribution is 6.32. The van der Waals surface area contributed by atoms with Crippen molar-refractivity contribution in [2.24, 2.45) is 5.92 Å². The number of hydrogen-bond donors (Lipinski definition) is 1. The topological polar surface area (TPSA) is 54.7 Å². The largest absolute Gasteiger partial charge is 0.495 e. The summed E-state index contributed by atoms with van der Waals surface area (Å²) >= 11 is 6.14. The van der Waals surface area contributed by atoms with Crippen LogP contribution in [-0.4, -0.2) is 37.6 Å². The quantitative estimate of drug-likeness (QED) is 0.791. The first-order valence-corrected chi connectivity index (χ1v) is 9.78. The van der Waals surface area contributed by atoms with E-state index in [1.165, 1.54) is 0 Å². The van der Waals surface area contributed by atoms with Crippen molar-refractivity contribution in [2.75, 3.05) is 26.7 Å². The lowest BCUT2D eigenvalue weighted by Crippen LogP contribution is -2.41. The van der Waals surface area contributed by atoms with Crippen LogP contribution in [0.3, 0.4) is 0 Å². The number of aryl methyl sites for hydroxylation is 1. The summed E-state index contributed by atoms with van der Waals surface area (Å²) in [7, 11) is 1.55. The maximum Gasteiger partial charge on any atom is 0.251 e. The molecule has 3 rings (SSSR count). The molecule has 1 fully saturated rings. The molecule has 0 aliphatic carbocycles. The zero-order chi connectivity index (χ0) is 19.4. The number of likely N-dealkylation sites (tertiary alicyclic amines) is 1. The van der Waals surface area contributed by atoms with E-state index in [1.54, 1.807) is 25.3 Å². The number of halogens is 1. The summed E-state index contributed by atoms with van der Waals surface area (Å²) in [5, 5.41) is 3.46. The molecule has 2 heterocycles. The van der Waals surface area contributed by atoms with Crippen molar-refractivity contribution in [3.8, 4) is 5.75 Å². The van der Waals surface area contributed by atoms with Crippen molar-refractivity contribution < 1.29 is 13.9 Å². The molecule has 1 saturated heterocycles. The van der Waals surface area contributed by atoms with E-state index < -0.39 is 0 Å².